The molecule has 146 valence electrons. The van der Waals surface area contributed by atoms with E-state index in [1.165, 1.54) is 46.5 Å². The van der Waals surface area contributed by atoms with Crippen LogP contribution in [0.25, 0.3) is 0 Å². The summed E-state index contributed by atoms with van der Waals surface area (Å²) < 4.78 is 43.4. The topological polar surface area (TPSA) is 103 Å². The van der Waals surface area contributed by atoms with Crippen LogP contribution in [-0.2, 0) is 21.4 Å². The number of carbonyl (C=O) groups excluding carboxylic acids is 1. The van der Waals surface area contributed by atoms with Gasteiger partial charge in [-0.15, -0.1) is 0 Å². The molecule has 0 radical (unpaired) electrons. The Morgan fingerprint density at radius 2 is 1.63 bits per heavy atom. The Kier molecular flexibility index (Phi) is 6.65. The number of rotatable bonds is 8. The van der Waals surface area contributed by atoms with Crippen LogP contribution in [0.15, 0.2) is 41.3 Å². The summed E-state index contributed by atoms with van der Waals surface area (Å²) in [6.07, 6.45) is 0. The number of ether oxygens (including phenoxy) is 3. The van der Waals surface area contributed by atoms with Crippen LogP contribution in [0.4, 0.5) is 5.69 Å². The highest BCUT2D eigenvalue weighted by molar-refractivity contribution is 7.89. The summed E-state index contributed by atoms with van der Waals surface area (Å²) >= 11 is 0. The predicted molar refractivity (Wildman–Crippen MR) is 101 cm³/mol. The number of carbonyl (C=O) groups is 1. The minimum atomic E-state index is -3.84. The second-order valence-electron chi connectivity index (χ2n) is 5.55. The van der Waals surface area contributed by atoms with Crippen molar-refractivity contribution < 1.29 is 27.4 Å². The molecule has 0 aromatic heterocycles. The standard InChI is InChI=1S/C18H22N2O6S/c1-12(21)20-16-10-15(6-8-18(16)26-4)27(22,23)19-11-13-9-14(24-2)5-7-17(13)25-3/h5-10,19H,11H2,1-4H3,(H,20,21). The molecule has 2 rings (SSSR count). The number of nitrogens with one attached hydrogen (secondary N) is 2. The van der Waals surface area contributed by atoms with E-state index in [0.29, 0.717) is 22.8 Å². The van der Waals surface area contributed by atoms with E-state index in [1.807, 2.05) is 0 Å². The zero-order valence-corrected chi connectivity index (χ0v) is 16.3. The Labute approximate surface area is 158 Å². The van der Waals surface area contributed by atoms with Gasteiger partial charge in [-0.1, -0.05) is 0 Å². The number of anilines is 1. The Bertz CT molecular complexity index is 927. The molecule has 2 aromatic carbocycles. The molecule has 0 aliphatic heterocycles. The van der Waals surface area contributed by atoms with E-state index in [2.05, 4.69) is 10.0 Å². The number of hydrogen-bond donors (Lipinski definition) is 2. The van der Waals surface area contributed by atoms with Crippen LogP contribution < -0.4 is 24.2 Å². The monoisotopic (exact) mass is 394 g/mol. The van der Waals surface area contributed by atoms with E-state index in [4.69, 9.17) is 14.2 Å². The van der Waals surface area contributed by atoms with Gasteiger partial charge in [-0.25, -0.2) is 13.1 Å². The summed E-state index contributed by atoms with van der Waals surface area (Å²) in [5.74, 6) is 1.14. The van der Waals surface area contributed by atoms with Crippen molar-refractivity contribution in [3.05, 3.63) is 42.0 Å². The third kappa shape index (κ3) is 5.11. The van der Waals surface area contributed by atoms with Gasteiger partial charge in [0.15, 0.2) is 0 Å². The number of methoxy groups -OCH3 is 3. The summed E-state index contributed by atoms with van der Waals surface area (Å²) in [5, 5.41) is 2.55. The third-order valence-electron chi connectivity index (χ3n) is 3.73. The molecule has 0 unspecified atom stereocenters. The van der Waals surface area contributed by atoms with Crippen molar-refractivity contribution in [1.29, 1.82) is 0 Å². The first-order chi connectivity index (χ1) is 12.8. The summed E-state index contributed by atoms with van der Waals surface area (Å²) in [7, 11) is 0.621. The lowest BCUT2D eigenvalue weighted by Gasteiger charge is -2.14. The van der Waals surface area contributed by atoms with Gasteiger partial charge < -0.3 is 19.5 Å². The van der Waals surface area contributed by atoms with Crippen molar-refractivity contribution in [3.63, 3.8) is 0 Å². The zero-order valence-electron chi connectivity index (χ0n) is 15.5. The molecular weight excluding hydrogens is 372 g/mol. The molecule has 0 saturated heterocycles. The third-order valence-corrected chi connectivity index (χ3v) is 5.13. The fourth-order valence-electron chi connectivity index (χ4n) is 2.42. The lowest BCUT2D eigenvalue weighted by molar-refractivity contribution is -0.114. The van der Waals surface area contributed by atoms with Crippen molar-refractivity contribution in [3.8, 4) is 17.2 Å². The molecule has 1 amide bonds. The molecule has 0 spiro atoms. The van der Waals surface area contributed by atoms with Crippen LogP contribution >= 0.6 is 0 Å². The summed E-state index contributed by atoms with van der Waals surface area (Å²) in [5.41, 5.74) is 0.892. The van der Waals surface area contributed by atoms with E-state index in [9.17, 15) is 13.2 Å². The summed E-state index contributed by atoms with van der Waals surface area (Å²) in [4.78, 5) is 11.3. The molecule has 9 heteroatoms. The highest BCUT2D eigenvalue weighted by atomic mass is 32.2. The molecular formula is C18H22N2O6S. The fourth-order valence-corrected chi connectivity index (χ4v) is 3.45. The Hall–Kier alpha value is -2.78. The quantitative estimate of drug-likeness (QED) is 0.711. The van der Waals surface area contributed by atoms with Gasteiger partial charge >= 0.3 is 0 Å². The maximum Gasteiger partial charge on any atom is 0.240 e. The van der Waals surface area contributed by atoms with Crippen LogP contribution in [-0.4, -0.2) is 35.7 Å². The second-order valence-corrected chi connectivity index (χ2v) is 7.31. The van der Waals surface area contributed by atoms with Gasteiger partial charge in [-0.3, -0.25) is 4.79 Å². The smallest absolute Gasteiger partial charge is 0.240 e. The van der Waals surface area contributed by atoms with Crippen LogP contribution in [0, 0.1) is 0 Å². The van der Waals surface area contributed by atoms with Crippen molar-refractivity contribution in [1.82, 2.24) is 4.72 Å². The SMILES string of the molecule is COc1ccc(OC)c(CNS(=O)(=O)c2ccc(OC)c(NC(C)=O)c2)c1. The first-order valence-corrected chi connectivity index (χ1v) is 9.45. The Morgan fingerprint density at radius 3 is 2.22 bits per heavy atom. The number of hydrogen-bond acceptors (Lipinski definition) is 6. The lowest BCUT2D eigenvalue weighted by Crippen LogP contribution is -2.23. The van der Waals surface area contributed by atoms with Gasteiger partial charge in [0.25, 0.3) is 0 Å². The van der Waals surface area contributed by atoms with Crippen molar-refractivity contribution >= 4 is 21.6 Å². The van der Waals surface area contributed by atoms with Crippen LogP contribution in [0.3, 0.4) is 0 Å². The highest BCUT2D eigenvalue weighted by Gasteiger charge is 2.18. The van der Waals surface area contributed by atoms with E-state index in [0.717, 1.165) is 0 Å². The summed E-state index contributed by atoms with van der Waals surface area (Å²) in [6.45, 7) is 1.33. The Balaban J connectivity index is 2.28. The summed E-state index contributed by atoms with van der Waals surface area (Å²) in [6, 6.07) is 9.33. The minimum absolute atomic E-state index is 0.00417. The molecule has 2 N–H and O–H groups in total. The van der Waals surface area contributed by atoms with Gasteiger partial charge in [-0.05, 0) is 36.4 Å². The first-order valence-electron chi connectivity index (χ1n) is 7.97. The predicted octanol–water partition coefficient (Wildman–Crippen LogP) is 2.15. The molecule has 0 saturated carbocycles. The normalized spacial score (nSPS) is 11.0. The average Bonchev–Trinajstić information content (AvgIpc) is 2.65. The van der Waals surface area contributed by atoms with Crippen molar-refractivity contribution in [2.24, 2.45) is 0 Å². The van der Waals surface area contributed by atoms with Crippen LogP contribution in [0.5, 0.6) is 17.2 Å². The molecule has 0 fully saturated rings. The average molecular weight is 394 g/mol. The highest BCUT2D eigenvalue weighted by Crippen LogP contribution is 2.28. The minimum Gasteiger partial charge on any atom is -0.497 e. The van der Waals surface area contributed by atoms with E-state index < -0.39 is 10.0 Å². The van der Waals surface area contributed by atoms with Gasteiger partial charge in [-0.2, -0.15) is 0 Å². The molecule has 2 aromatic rings. The van der Waals surface area contributed by atoms with Crippen LogP contribution in [0.2, 0.25) is 0 Å². The molecule has 0 aliphatic carbocycles. The number of benzene rings is 2. The number of sulfonamides is 1. The van der Waals surface area contributed by atoms with Gasteiger partial charge in [0.05, 0.1) is 31.9 Å². The molecule has 0 atom stereocenters. The molecule has 27 heavy (non-hydrogen) atoms. The Morgan fingerprint density at radius 1 is 0.963 bits per heavy atom. The molecule has 0 bridgehead atoms. The van der Waals surface area contributed by atoms with Gasteiger partial charge in [0.2, 0.25) is 15.9 Å². The molecule has 8 nitrogen and oxygen atoms in total. The van der Waals surface area contributed by atoms with Crippen LogP contribution in [0.1, 0.15) is 12.5 Å². The first kappa shape index (κ1) is 20.5. The van der Waals surface area contributed by atoms with Gasteiger partial charge in [0, 0.05) is 19.0 Å². The van der Waals surface area contributed by atoms with Crippen molar-refractivity contribution in [2.75, 3.05) is 26.6 Å². The molecule has 0 heterocycles. The lowest BCUT2D eigenvalue weighted by atomic mass is 10.2. The largest absolute Gasteiger partial charge is 0.497 e. The fraction of sp³-hybridized carbons (Fsp3) is 0.278. The van der Waals surface area contributed by atoms with Gasteiger partial charge in [0.1, 0.15) is 17.2 Å². The van der Waals surface area contributed by atoms with E-state index in [-0.39, 0.29) is 23.0 Å². The maximum atomic E-state index is 12.7. The van der Waals surface area contributed by atoms with E-state index >= 15 is 0 Å². The zero-order chi connectivity index (χ0) is 20.0. The second kappa shape index (κ2) is 8.74. The maximum absolute atomic E-state index is 12.7. The molecule has 0 aliphatic rings. The van der Waals surface area contributed by atoms with Crippen molar-refractivity contribution in [2.45, 2.75) is 18.4 Å². The van der Waals surface area contributed by atoms with E-state index in [1.54, 1.807) is 18.2 Å². The number of amides is 1.